The van der Waals surface area contributed by atoms with Gasteiger partial charge in [0, 0.05) is 30.8 Å². The quantitative estimate of drug-likeness (QED) is 0.810. The number of aliphatic hydroxyl groups excluding tert-OH is 1. The molecule has 108 valence electrons. The van der Waals surface area contributed by atoms with Gasteiger partial charge in [-0.25, -0.2) is 0 Å². The van der Waals surface area contributed by atoms with Crippen LogP contribution in [0.4, 0.5) is 0 Å². The normalized spacial score (nSPS) is 11.7. The van der Waals surface area contributed by atoms with Gasteiger partial charge in [0.2, 0.25) is 0 Å². The van der Waals surface area contributed by atoms with Crippen LogP contribution in [0.2, 0.25) is 10.0 Å². The maximum Gasteiger partial charge on any atom is 0.138 e. The third kappa shape index (κ3) is 5.19. The van der Waals surface area contributed by atoms with Gasteiger partial charge in [-0.15, -0.1) is 0 Å². The number of halogens is 2. The minimum Gasteiger partial charge on any atom is -0.495 e. The third-order valence-electron chi connectivity index (χ3n) is 3.03. The van der Waals surface area contributed by atoms with Gasteiger partial charge in [-0.2, -0.15) is 0 Å². The Labute approximate surface area is 124 Å². The fourth-order valence-electron chi connectivity index (χ4n) is 1.79. The molecule has 1 aromatic carbocycles. The maximum atomic E-state index is 8.98. The summed E-state index contributed by atoms with van der Waals surface area (Å²) in [4.78, 5) is 0. The molecule has 0 heterocycles. The second-order valence-corrected chi connectivity index (χ2v) is 6.13. The van der Waals surface area contributed by atoms with E-state index in [0.717, 1.165) is 18.5 Å². The molecule has 0 atom stereocenters. The highest BCUT2D eigenvalue weighted by molar-refractivity contribution is 6.34. The molecular weight excluding hydrogens is 285 g/mol. The first-order valence-corrected chi connectivity index (χ1v) is 6.98. The van der Waals surface area contributed by atoms with Gasteiger partial charge < -0.3 is 15.2 Å². The van der Waals surface area contributed by atoms with Gasteiger partial charge in [0.15, 0.2) is 0 Å². The summed E-state index contributed by atoms with van der Waals surface area (Å²) < 4.78 is 5.11. The van der Waals surface area contributed by atoms with Crippen molar-refractivity contribution in [2.24, 2.45) is 5.41 Å². The third-order valence-corrected chi connectivity index (χ3v) is 3.68. The first kappa shape index (κ1) is 16.6. The zero-order chi connectivity index (χ0) is 14.5. The average Bonchev–Trinajstić information content (AvgIpc) is 2.32. The summed E-state index contributed by atoms with van der Waals surface area (Å²) in [6.07, 6.45) is 0.761. The van der Waals surface area contributed by atoms with E-state index >= 15 is 0 Å². The molecule has 0 radical (unpaired) electrons. The number of nitrogens with one attached hydrogen (secondary N) is 1. The van der Waals surface area contributed by atoms with Crippen LogP contribution in [0.3, 0.4) is 0 Å². The van der Waals surface area contributed by atoms with Crippen molar-refractivity contribution in [2.45, 2.75) is 26.8 Å². The van der Waals surface area contributed by atoms with Crippen LogP contribution in [0.25, 0.3) is 0 Å². The molecule has 0 saturated heterocycles. The molecule has 0 saturated carbocycles. The molecular formula is C14H21Cl2NO2. The fourth-order valence-corrected chi connectivity index (χ4v) is 2.27. The van der Waals surface area contributed by atoms with Crippen LogP contribution < -0.4 is 10.1 Å². The fraction of sp³-hybridized carbons (Fsp3) is 0.571. The van der Waals surface area contributed by atoms with Crippen LogP contribution in [0.5, 0.6) is 5.75 Å². The van der Waals surface area contributed by atoms with Crippen LogP contribution in [0.1, 0.15) is 25.8 Å². The van der Waals surface area contributed by atoms with Crippen LogP contribution >= 0.6 is 23.2 Å². The van der Waals surface area contributed by atoms with Gasteiger partial charge in [-0.1, -0.05) is 37.0 Å². The van der Waals surface area contributed by atoms with Crippen molar-refractivity contribution in [1.82, 2.24) is 5.32 Å². The van der Waals surface area contributed by atoms with E-state index in [9.17, 15) is 0 Å². The zero-order valence-corrected chi connectivity index (χ0v) is 13.1. The first-order valence-electron chi connectivity index (χ1n) is 6.23. The lowest BCUT2D eigenvalue weighted by Crippen LogP contribution is -2.30. The molecule has 0 spiro atoms. The van der Waals surface area contributed by atoms with E-state index in [-0.39, 0.29) is 12.0 Å². The van der Waals surface area contributed by atoms with E-state index in [2.05, 4.69) is 19.2 Å². The van der Waals surface area contributed by atoms with Gasteiger partial charge in [-0.3, -0.25) is 0 Å². The Hall–Kier alpha value is -0.480. The summed E-state index contributed by atoms with van der Waals surface area (Å²) in [6.45, 7) is 5.85. The molecule has 19 heavy (non-hydrogen) atoms. The van der Waals surface area contributed by atoms with E-state index in [0.29, 0.717) is 22.3 Å². The van der Waals surface area contributed by atoms with Crippen molar-refractivity contribution in [2.75, 3.05) is 20.3 Å². The largest absolute Gasteiger partial charge is 0.495 e. The lowest BCUT2D eigenvalue weighted by molar-refractivity contribution is 0.207. The minimum atomic E-state index is 0.0531. The van der Waals surface area contributed by atoms with Crippen molar-refractivity contribution in [1.29, 1.82) is 0 Å². The lowest BCUT2D eigenvalue weighted by atomic mass is 9.90. The Morgan fingerprint density at radius 3 is 2.53 bits per heavy atom. The van der Waals surface area contributed by atoms with Crippen LogP contribution in [-0.4, -0.2) is 25.4 Å². The highest BCUT2D eigenvalue weighted by Gasteiger charge is 2.16. The molecule has 0 fully saturated rings. The molecule has 0 aliphatic heterocycles. The lowest BCUT2D eigenvalue weighted by Gasteiger charge is -2.24. The van der Waals surface area contributed by atoms with Crippen molar-refractivity contribution in [3.05, 3.63) is 27.7 Å². The summed E-state index contributed by atoms with van der Waals surface area (Å²) in [6, 6.07) is 3.54. The van der Waals surface area contributed by atoms with Crippen LogP contribution in [-0.2, 0) is 6.54 Å². The van der Waals surface area contributed by atoms with Crippen molar-refractivity contribution >= 4 is 23.2 Å². The molecule has 1 rings (SSSR count). The summed E-state index contributed by atoms with van der Waals surface area (Å²) in [5.41, 5.74) is 0.990. The van der Waals surface area contributed by atoms with Gasteiger partial charge in [0.05, 0.1) is 12.1 Å². The highest BCUT2D eigenvalue weighted by Crippen LogP contribution is 2.31. The predicted molar refractivity (Wildman–Crippen MR) is 80.2 cm³/mol. The standard InChI is InChI=1S/C14H21Cl2NO2/c1-14(2,4-5-18)9-17-8-10-6-12(16)13(19-3)7-11(10)15/h6-7,17-18H,4-5,8-9H2,1-3H3. The Morgan fingerprint density at radius 1 is 1.26 bits per heavy atom. The minimum absolute atomic E-state index is 0.0531. The molecule has 0 amide bonds. The highest BCUT2D eigenvalue weighted by atomic mass is 35.5. The van der Waals surface area contributed by atoms with Gasteiger partial charge in [0.25, 0.3) is 0 Å². The first-order chi connectivity index (χ1) is 8.89. The Kier molecular flexibility index (Phi) is 6.40. The number of benzene rings is 1. The number of ether oxygens (including phenoxy) is 1. The Balaban J connectivity index is 2.61. The number of hydrogen-bond acceptors (Lipinski definition) is 3. The monoisotopic (exact) mass is 305 g/mol. The molecule has 0 bridgehead atoms. The molecule has 5 heteroatoms. The molecule has 0 unspecified atom stereocenters. The van der Waals surface area contributed by atoms with E-state index < -0.39 is 0 Å². The van der Waals surface area contributed by atoms with Crippen molar-refractivity contribution in [3.63, 3.8) is 0 Å². The van der Waals surface area contributed by atoms with E-state index in [1.165, 1.54) is 0 Å². The Morgan fingerprint density at radius 2 is 1.95 bits per heavy atom. The second kappa shape index (κ2) is 7.34. The van der Waals surface area contributed by atoms with Crippen molar-refractivity contribution in [3.8, 4) is 5.75 Å². The Bertz CT molecular complexity index is 422. The smallest absolute Gasteiger partial charge is 0.138 e. The topological polar surface area (TPSA) is 41.5 Å². The molecule has 3 nitrogen and oxygen atoms in total. The summed E-state index contributed by atoms with van der Waals surface area (Å²) in [5.74, 6) is 0.580. The SMILES string of the molecule is COc1cc(Cl)c(CNCC(C)(C)CCO)cc1Cl. The number of rotatable bonds is 7. The molecule has 1 aromatic rings. The summed E-state index contributed by atoms with van der Waals surface area (Å²) in [7, 11) is 1.56. The summed E-state index contributed by atoms with van der Waals surface area (Å²) in [5, 5.41) is 13.5. The molecule has 2 N–H and O–H groups in total. The maximum absolute atomic E-state index is 8.98. The molecule has 0 aliphatic carbocycles. The van der Waals surface area contributed by atoms with Gasteiger partial charge in [-0.05, 0) is 23.5 Å². The van der Waals surface area contributed by atoms with Crippen LogP contribution in [0.15, 0.2) is 12.1 Å². The molecule has 0 aliphatic rings. The second-order valence-electron chi connectivity index (χ2n) is 5.32. The number of hydrogen-bond donors (Lipinski definition) is 2. The van der Waals surface area contributed by atoms with Crippen molar-refractivity contribution < 1.29 is 9.84 Å². The molecule has 0 aromatic heterocycles. The number of aliphatic hydroxyl groups is 1. The average molecular weight is 306 g/mol. The van der Waals surface area contributed by atoms with Gasteiger partial charge >= 0.3 is 0 Å². The van der Waals surface area contributed by atoms with Gasteiger partial charge in [0.1, 0.15) is 5.75 Å². The van der Waals surface area contributed by atoms with E-state index in [4.69, 9.17) is 33.0 Å². The van der Waals surface area contributed by atoms with E-state index in [1.807, 2.05) is 6.07 Å². The predicted octanol–water partition coefficient (Wildman–Crippen LogP) is 3.50. The summed E-state index contributed by atoms with van der Waals surface area (Å²) >= 11 is 12.2. The van der Waals surface area contributed by atoms with Crippen LogP contribution in [0, 0.1) is 5.41 Å². The zero-order valence-electron chi connectivity index (χ0n) is 11.6. The number of methoxy groups -OCH3 is 1. The van der Waals surface area contributed by atoms with E-state index in [1.54, 1.807) is 13.2 Å².